The molecule has 0 atom stereocenters. The Morgan fingerprint density at radius 1 is 0.774 bits per heavy atom. The number of carboxylic acid groups (broad SMARTS) is 1. The van der Waals surface area contributed by atoms with Crippen molar-refractivity contribution in [2.45, 2.75) is 58.3 Å². The fraction of sp³-hybridized carbons (Fsp3) is 0.333. The minimum atomic E-state index is -0.715. The third-order valence-electron chi connectivity index (χ3n) is 3.92. The first kappa shape index (κ1) is 28.8. The van der Waals surface area contributed by atoms with Crippen LogP contribution in [0.25, 0.3) is 0 Å². The molecule has 0 spiro atoms. The van der Waals surface area contributed by atoms with Crippen molar-refractivity contribution in [1.82, 2.24) is 0 Å². The van der Waals surface area contributed by atoms with Crippen LogP contribution in [0, 0.1) is 0 Å². The van der Waals surface area contributed by atoms with Crippen molar-refractivity contribution >= 4 is 32.4 Å². The van der Waals surface area contributed by atoms with Crippen molar-refractivity contribution < 1.29 is 14.7 Å². The molecule has 3 nitrogen and oxygen atoms in total. The second-order valence-corrected chi connectivity index (χ2v) is 7.61. The Labute approximate surface area is 201 Å². The predicted molar refractivity (Wildman–Crippen MR) is 141 cm³/mol. The van der Waals surface area contributed by atoms with Gasteiger partial charge in [-0.2, -0.15) is 0 Å². The Morgan fingerprint density at radius 3 is 1.61 bits per heavy atom. The summed E-state index contributed by atoms with van der Waals surface area (Å²) in [7, 11) is 0. The normalized spacial score (nSPS) is 11.7. The van der Waals surface area contributed by atoms with Crippen LogP contribution < -0.4 is 0 Å². The van der Waals surface area contributed by atoms with E-state index in [0.29, 0.717) is 0 Å². The Morgan fingerprint density at radius 2 is 1.23 bits per heavy atom. The molecule has 168 valence electrons. The van der Waals surface area contributed by atoms with Gasteiger partial charge in [0.2, 0.25) is 3.79 Å². The number of carbonyl (C=O) groups excluding carboxylic acids is 1. The number of carboxylic acids is 1. The lowest BCUT2D eigenvalue weighted by Crippen LogP contribution is -1.92. The summed E-state index contributed by atoms with van der Waals surface area (Å²) in [6.45, 7) is 2.14. The highest BCUT2D eigenvalue weighted by Crippen LogP contribution is 2.03. The standard InChI is InChI=1S/C20H30O2.C7H5IO/c1-2-3-4-5-6-7-8-9-10-11-12-13-14-15-16-17-18-19-20(21)22;8-7(9)6-4-2-1-3-5-6/h3-4,6-7,9-10,12-13,15-16H,2,5,8,11,14,17-19H2,1H3,(H,21,22);1-5H. The summed E-state index contributed by atoms with van der Waals surface area (Å²) in [6, 6.07) is 9.20. The minimum absolute atomic E-state index is 0.0909. The third-order valence-corrected chi connectivity index (χ3v) is 4.54. The Bertz CT molecular complexity index is 728. The zero-order valence-electron chi connectivity index (χ0n) is 18.5. The molecule has 0 fully saturated rings. The van der Waals surface area contributed by atoms with Crippen molar-refractivity contribution in [1.29, 1.82) is 0 Å². The number of halogens is 1. The molecule has 4 heteroatoms. The van der Waals surface area contributed by atoms with E-state index >= 15 is 0 Å². The molecule has 0 unspecified atom stereocenters. The van der Waals surface area contributed by atoms with Crippen LogP contribution in [0.15, 0.2) is 91.1 Å². The molecule has 0 amide bonds. The molecule has 0 aliphatic carbocycles. The molecule has 1 rings (SSSR count). The molecule has 0 aliphatic rings. The Hall–Kier alpha value is -2.21. The topological polar surface area (TPSA) is 54.4 Å². The van der Waals surface area contributed by atoms with E-state index in [-0.39, 0.29) is 10.2 Å². The van der Waals surface area contributed by atoms with Gasteiger partial charge in [0.15, 0.2) is 0 Å². The van der Waals surface area contributed by atoms with Crippen molar-refractivity contribution in [3.8, 4) is 0 Å². The molecule has 1 aromatic rings. The van der Waals surface area contributed by atoms with Gasteiger partial charge >= 0.3 is 5.97 Å². The van der Waals surface area contributed by atoms with E-state index in [1.807, 2.05) is 18.2 Å². The molecule has 0 radical (unpaired) electrons. The molecule has 1 N–H and O–H groups in total. The van der Waals surface area contributed by atoms with E-state index in [0.717, 1.165) is 50.5 Å². The number of aliphatic carboxylic acids is 1. The first-order chi connectivity index (χ1) is 15.1. The van der Waals surface area contributed by atoms with Crippen molar-refractivity contribution in [2.75, 3.05) is 0 Å². The monoisotopic (exact) mass is 534 g/mol. The Kier molecular flexibility index (Phi) is 20.9. The second-order valence-electron chi connectivity index (χ2n) is 6.63. The summed E-state index contributed by atoms with van der Waals surface area (Å²) in [5.41, 5.74) is 0.762. The molecule has 0 heterocycles. The van der Waals surface area contributed by atoms with Gasteiger partial charge in [0.05, 0.1) is 0 Å². The van der Waals surface area contributed by atoms with Crippen LogP contribution in [0.1, 0.15) is 68.6 Å². The lowest BCUT2D eigenvalue weighted by Gasteiger charge is -1.89. The highest BCUT2D eigenvalue weighted by molar-refractivity contribution is 14.1. The lowest BCUT2D eigenvalue weighted by molar-refractivity contribution is -0.137. The third kappa shape index (κ3) is 22.3. The first-order valence-corrected chi connectivity index (χ1v) is 11.9. The maximum atomic E-state index is 10.6. The van der Waals surface area contributed by atoms with Crippen molar-refractivity contribution in [3.63, 3.8) is 0 Å². The van der Waals surface area contributed by atoms with Crippen LogP contribution in [-0.2, 0) is 4.79 Å². The number of allylic oxidation sites excluding steroid dienone is 10. The van der Waals surface area contributed by atoms with Gasteiger partial charge in [-0.15, -0.1) is 0 Å². The average Bonchev–Trinajstić information content (AvgIpc) is 2.76. The highest BCUT2D eigenvalue weighted by Gasteiger charge is 1.95. The van der Waals surface area contributed by atoms with Crippen LogP contribution in [0.5, 0.6) is 0 Å². The van der Waals surface area contributed by atoms with Gasteiger partial charge in [-0.05, 0) is 44.9 Å². The van der Waals surface area contributed by atoms with Gasteiger partial charge in [-0.1, -0.05) is 98.0 Å². The fourth-order valence-corrected chi connectivity index (χ4v) is 2.67. The number of hydrogen-bond donors (Lipinski definition) is 1. The first-order valence-electron chi connectivity index (χ1n) is 10.8. The molecule has 1 aromatic carbocycles. The molecular formula is C27H35IO3. The van der Waals surface area contributed by atoms with E-state index < -0.39 is 5.97 Å². The summed E-state index contributed by atoms with van der Waals surface area (Å²) in [6.07, 6.45) is 28.4. The van der Waals surface area contributed by atoms with E-state index in [4.69, 9.17) is 5.11 Å². The SMILES string of the molecule is CCC=CCC=CCC=CCC=CCC=CCCCC(=O)O.O=C(I)c1ccccc1. The zero-order valence-corrected chi connectivity index (χ0v) is 20.6. The molecular weight excluding hydrogens is 499 g/mol. The molecule has 31 heavy (non-hydrogen) atoms. The number of hydrogen-bond acceptors (Lipinski definition) is 2. The Balaban J connectivity index is 0.000000823. The predicted octanol–water partition coefficient (Wildman–Crippen LogP) is 8.25. The summed E-state index contributed by atoms with van der Waals surface area (Å²) >= 11 is 1.77. The minimum Gasteiger partial charge on any atom is -0.481 e. The molecule has 0 bridgehead atoms. The van der Waals surface area contributed by atoms with Gasteiger partial charge in [-0.3, -0.25) is 9.59 Å². The van der Waals surface area contributed by atoms with Crippen LogP contribution in [-0.4, -0.2) is 14.9 Å². The van der Waals surface area contributed by atoms with E-state index in [1.165, 1.54) is 0 Å². The zero-order chi connectivity index (χ0) is 23.0. The summed E-state index contributed by atoms with van der Waals surface area (Å²) < 4.78 is 0.0909. The van der Waals surface area contributed by atoms with Gasteiger partial charge in [0.25, 0.3) is 0 Å². The molecule has 0 aliphatic heterocycles. The highest BCUT2D eigenvalue weighted by atomic mass is 127. The van der Waals surface area contributed by atoms with E-state index in [9.17, 15) is 9.59 Å². The van der Waals surface area contributed by atoms with Gasteiger partial charge < -0.3 is 5.11 Å². The molecule has 0 saturated heterocycles. The number of unbranched alkanes of at least 4 members (excludes halogenated alkanes) is 1. The largest absolute Gasteiger partial charge is 0.481 e. The smallest absolute Gasteiger partial charge is 0.303 e. The lowest BCUT2D eigenvalue weighted by atomic mass is 10.2. The number of benzene rings is 1. The second kappa shape index (κ2) is 22.5. The van der Waals surface area contributed by atoms with Crippen LogP contribution in [0.2, 0.25) is 0 Å². The maximum Gasteiger partial charge on any atom is 0.303 e. The van der Waals surface area contributed by atoms with Crippen molar-refractivity contribution in [3.05, 3.63) is 96.7 Å². The van der Waals surface area contributed by atoms with Crippen LogP contribution >= 0.6 is 22.6 Å². The van der Waals surface area contributed by atoms with E-state index in [2.05, 4.69) is 67.7 Å². The summed E-state index contributed by atoms with van der Waals surface area (Å²) in [5, 5.41) is 8.49. The van der Waals surface area contributed by atoms with E-state index in [1.54, 1.807) is 34.7 Å². The molecule has 0 saturated carbocycles. The molecule has 0 aromatic heterocycles. The van der Waals surface area contributed by atoms with Gasteiger partial charge in [0.1, 0.15) is 0 Å². The van der Waals surface area contributed by atoms with Crippen LogP contribution in [0.3, 0.4) is 0 Å². The maximum absolute atomic E-state index is 10.6. The van der Waals surface area contributed by atoms with Crippen LogP contribution in [0.4, 0.5) is 0 Å². The van der Waals surface area contributed by atoms with Crippen molar-refractivity contribution in [2.24, 2.45) is 0 Å². The number of rotatable bonds is 14. The number of carbonyl (C=O) groups is 2. The van der Waals surface area contributed by atoms with Gasteiger partial charge in [-0.25, -0.2) is 0 Å². The quantitative estimate of drug-likeness (QED) is 0.113. The summed E-state index contributed by atoms with van der Waals surface area (Å²) in [5.74, 6) is -0.715. The average molecular weight is 534 g/mol. The van der Waals surface area contributed by atoms with Gasteiger partial charge in [0, 0.05) is 34.6 Å². The fourth-order valence-electron chi connectivity index (χ4n) is 2.31. The summed E-state index contributed by atoms with van der Waals surface area (Å²) in [4.78, 5) is 20.9.